The van der Waals surface area contributed by atoms with Crippen LogP contribution in [0.25, 0.3) is 0 Å². The Bertz CT molecular complexity index is 316. The predicted octanol–water partition coefficient (Wildman–Crippen LogP) is 1.11. The number of urea groups is 1. The van der Waals surface area contributed by atoms with Crippen LogP contribution in [0.15, 0.2) is 23.4 Å². The van der Waals surface area contributed by atoms with Crippen LogP contribution in [0.5, 0.6) is 0 Å². The van der Waals surface area contributed by atoms with Gasteiger partial charge in [0.1, 0.15) is 0 Å². The molecule has 0 radical (unpaired) electrons. The molecule has 0 saturated heterocycles. The second kappa shape index (κ2) is 4.60. The summed E-state index contributed by atoms with van der Waals surface area (Å²) < 4.78 is 0. The first-order valence-electron chi connectivity index (χ1n) is 4.60. The summed E-state index contributed by atoms with van der Waals surface area (Å²) in [6, 6.07) is -0.264. The smallest absolute Gasteiger partial charge is 0.318 e. The highest BCUT2D eigenvalue weighted by molar-refractivity contribution is 6.05. The van der Waals surface area contributed by atoms with Crippen LogP contribution in [0.3, 0.4) is 0 Å². The minimum atomic E-state index is -0.264. The van der Waals surface area contributed by atoms with E-state index in [1.807, 2.05) is 13.0 Å². The van der Waals surface area contributed by atoms with Gasteiger partial charge in [0.25, 0.3) is 0 Å². The molecule has 0 aliphatic heterocycles. The standard InChI is InChI=1S/C10H14N2O2/c1-3-11-10(14)12-8-5-4-7(2)9(13)6-8/h4,6H,3,5H2,1-2H3,(H2,11,12,14). The van der Waals surface area contributed by atoms with Gasteiger partial charge >= 0.3 is 6.03 Å². The Labute approximate surface area is 83.1 Å². The average molecular weight is 194 g/mol. The van der Waals surface area contributed by atoms with Crippen LogP contribution in [0.2, 0.25) is 0 Å². The van der Waals surface area contributed by atoms with Crippen molar-refractivity contribution in [2.75, 3.05) is 6.54 Å². The zero-order chi connectivity index (χ0) is 10.6. The molecule has 0 fully saturated rings. The van der Waals surface area contributed by atoms with E-state index in [1.54, 1.807) is 6.92 Å². The normalized spacial score (nSPS) is 15.7. The zero-order valence-corrected chi connectivity index (χ0v) is 8.39. The maximum absolute atomic E-state index is 11.2. The summed E-state index contributed by atoms with van der Waals surface area (Å²) in [7, 11) is 0. The van der Waals surface area contributed by atoms with Gasteiger partial charge in [-0.05, 0) is 19.4 Å². The minimum Gasteiger partial charge on any atom is -0.338 e. The SMILES string of the molecule is CCNC(=O)NC1=CC(=O)C(C)=CC1. The van der Waals surface area contributed by atoms with Gasteiger partial charge < -0.3 is 10.6 Å². The molecule has 1 aliphatic carbocycles. The van der Waals surface area contributed by atoms with Crippen LogP contribution < -0.4 is 10.6 Å². The maximum Gasteiger partial charge on any atom is 0.318 e. The third-order valence-corrected chi connectivity index (χ3v) is 1.93. The van der Waals surface area contributed by atoms with Crippen molar-refractivity contribution in [3.05, 3.63) is 23.4 Å². The first-order valence-corrected chi connectivity index (χ1v) is 4.60. The quantitative estimate of drug-likeness (QED) is 0.691. The number of allylic oxidation sites excluding steroid dienone is 3. The van der Waals surface area contributed by atoms with Gasteiger partial charge in [0.05, 0.1) is 0 Å². The topological polar surface area (TPSA) is 58.2 Å². The van der Waals surface area contributed by atoms with Crippen molar-refractivity contribution in [1.29, 1.82) is 0 Å². The van der Waals surface area contributed by atoms with Gasteiger partial charge in [-0.15, -0.1) is 0 Å². The molecule has 2 N–H and O–H groups in total. The van der Waals surface area contributed by atoms with E-state index in [0.717, 1.165) is 5.57 Å². The first-order chi connectivity index (χ1) is 6.63. The highest BCUT2D eigenvalue weighted by atomic mass is 16.2. The summed E-state index contributed by atoms with van der Waals surface area (Å²) in [6.07, 6.45) is 3.88. The molecule has 76 valence electrons. The van der Waals surface area contributed by atoms with Crippen LogP contribution in [0.4, 0.5) is 4.79 Å². The summed E-state index contributed by atoms with van der Waals surface area (Å²) in [4.78, 5) is 22.3. The second-order valence-corrected chi connectivity index (χ2v) is 3.11. The number of amides is 2. The first kappa shape index (κ1) is 10.5. The van der Waals surface area contributed by atoms with E-state index in [1.165, 1.54) is 6.08 Å². The van der Waals surface area contributed by atoms with E-state index in [2.05, 4.69) is 10.6 Å². The average Bonchev–Trinajstić information content (AvgIpc) is 2.12. The van der Waals surface area contributed by atoms with E-state index >= 15 is 0 Å². The minimum absolute atomic E-state index is 0.0388. The van der Waals surface area contributed by atoms with E-state index in [9.17, 15) is 9.59 Å². The molecule has 0 unspecified atom stereocenters. The predicted molar refractivity (Wildman–Crippen MR) is 53.7 cm³/mol. The summed E-state index contributed by atoms with van der Waals surface area (Å²) in [5.41, 5.74) is 1.37. The van der Waals surface area contributed by atoms with Crippen LogP contribution >= 0.6 is 0 Å². The summed E-state index contributed by atoms with van der Waals surface area (Å²) in [6.45, 7) is 4.17. The number of rotatable bonds is 2. The lowest BCUT2D eigenvalue weighted by Gasteiger charge is -2.12. The van der Waals surface area contributed by atoms with Crippen molar-refractivity contribution in [3.8, 4) is 0 Å². The van der Waals surface area contributed by atoms with Gasteiger partial charge in [-0.2, -0.15) is 0 Å². The Morgan fingerprint density at radius 3 is 2.86 bits per heavy atom. The van der Waals surface area contributed by atoms with E-state index in [-0.39, 0.29) is 11.8 Å². The highest BCUT2D eigenvalue weighted by Crippen LogP contribution is 2.11. The van der Waals surface area contributed by atoms with Gasteiger partial charge in [-0.1, -0.05) is 6.08 Å². The van der Waals surface area contributed by atoms with Gasteiger partial charge in [-0.25, -0.2) is 4.79 Å². The molecule has 0 aromatic carbocycles. The molecular weight excluding hydrogens is 180 g/mol. The van der Waals surface area contributed by atoms with Crippen LogP contribution in [-0.2, 0) is 4.79 Å². The van der Waals surface area contributed by atoms with Crippen molar-refractivity contribution in [1.82, 2.24) is 10.6 Å². The van der Waals surface area contributed by atoms with Crippen molar-refractivity contribution in [3.63, 3.8) is 0 Å². The third kappa shape index (κ3) is 2.73. The molecule has 1 rings (SSSR count). The number of hydrogen-bond acceptors (Lipinski definition) is 2. The number of ketones is 1. The fourth-order valence-corrected chi connectivity index (χ4v) is 1.13. The Balaban J connectivity index is 2.52. The summed E-state index contributed by atoms with van der Waals surface area (Å²) >= 11 is 0. The molecule has 0 atom stereocenters. The Hall–Kier alpha value is -1.58. The summed E-state index contributed by atoms with van der Waals surface area (Å²) in [5.74, 6) is -0.0388. The number of hydrogen-bond donors (Lipinski definition) is 2. The zero-order valence-electron chi connectivity index (χ0n) is 8.39. The largest absolute Gasteiger partial charge is 0.338 e. The highest BCUT2D eigenvalue weighted by Gasteiger charge is 2.11. The van der Waals surface area contributed by atoms with Crippen molar-refractivity contribution in [2.24, 2.45) is 0 Å². The number of carbonyl (C=O) groups is 2. The van der Waals surface area contributed by atoms with E-state index in [0.29, 0.717) is 18.7 Å². The second-order valence-electron chi connectivity index (χ2n) is 3.11. The monoisotopic (exact) mass is 194 g/mol. The van der Waals surface area contributed by atoms with E-state index < -0.39 is 0 Å². The van der Waals surface area contributed by atoms with Gasteiger partial charge in [0.2, 0.25) is 0 Å². The Morgan fingerprint density at radius 1 is 1.57 bits per heavy atom. The number of carbonyl (C=O) groups excluding carboxylic acids is 2. The fourth-order valence-electron chi connectivity index (χ4n) is 1.13. The van der Waals surface area contributed by atoms with Crippen molar-refractivity contribution in [2.45, 2.75) is 20.3 Å². The van der Waals surface area contributed by atoms with Crippen LogP contribution in [-0.4, -0.2) is 18.4 Å². The third-order valence-electron chi connectivity index (χ3n) is 1.93. The molecule has 1 aliphatic rings. The molecule has 4 heteroatoms. The molecule has 0 saturated carbocycles. The van der Waals surface area contributed by atoms with Gasteiger partial charge in [0, 0.05) is 24.7 Å². The van der Waals surface area contributed by atoms with Crippen molar-refractivity contribution >= 4 is 11.8 Å². The lowest BCUT2D eigenvalue weighted by Crippen LogP contribution is -2.35. The summed E-state index contributed by atoms with van der Waals surface area (Å²) in [5, 5.41) is 5.21. The maximum atomic E-state index is 11.2. The molecular formula is C10H14N2O2. The Kier molecular flexibility index (Phi) is 3.45. The molecule has 0 aromatic heterocycles. The fraction of sp³-hybridized carbons (Fsp3) is 0.400. The molecule has 0 spiro atoms. The molecule has 0 aromatic rings. The van der Waals surface area contributed by atoms with Gasteiger partial charge in [0.15, 0.2) is 5.78 Å². The van der Waals surface area contributed by atoms with Crippen molar-refractivity contribution < 1.29 is 9.59 Å². The van der Waals surface area contributed by atoms with E-state index in [4.69, 9.17) is 0 Å². The molecule has 2 amide bonds. The number of nitrogens with one attached hydrogen (secondary N) is 2. The molecule has 14 heavy (non-hydrogen) atoms. The van der Waals surface area contributed by atoms with Crippen LogP contribution in [0, 0.1) is 0 Å². The Morgan fingerprint density at radius 2 is 2.29 bits per heavy atom. The molecule has 4 nitrogen and oxygen atoms in total. The molecule has 0 heterocycles. The molecule has 0 bridgehead atoms. The van der Waals surface area contributed by atoms with Gasteiger partial charge in [-0.3, -0.25) is 4.79 Å². The van der Waals surface area contributed by atoms with Crippen LogP contribution in [0.1, 0.15) is 20.3 Å². The lowest BCUT2D eigenvalue weighted by molar-refractivity contribution is -0.111. The lowest BCUT2D eigenvalue weighted by atomic mass is 10.0.